The molecular formula is C11H22BrNO4S. The van der Waals surface area contributed by atoms with Crippen LogP contribution in [0, 0.1) is 0 Å². The van der Waals surface area contributed by atoms with Gasteiger partial charge in [0.2, 0.25) is 0 Å². The molecule has 0 aromatic rings. The molecule has 0 radical (unpaired) electrons. The van der Waals surface area contributed by atoms with Gasteiger partial charge in [0.15, 0.2) is 14.6 Å². The van der Waals surface area contributed by atoms with Crippen LogP contribution in [-0.2, 0) is 19.4 Å². The van der Waals surface area contributed by atoms with E-state index in [9.17, 15) is 13.2 Å². The lowest BCUT2D eigenvalue weighted by Gasteiger charge is -2.57. The van der Waals surface area contributed by atoms with E-state index in [0.717, 1.165) is 0 Å². The molecule has 0 spiro atoms. The quantitative estimate of drug-likeness (QED) is 0.716. The Balaban J connectivity index is 0.00000289. The molecule has 2 atom stereocenters. The van der Waals surface area contributed by atoms with Crippen LogP contribution in [0.4, 0.5) is 0 Å². The minimum absolute atomic E-state index is 0. The first-order valence-electron chi connectivity index (χ1n) is 5.63. The van der Waals surface area contributed by atoms with Crippen molar-refractivity contribution in [2.45, 2.75) is 43.2 Å². The largest absolute Gasteiger partial charge is 0.465 e. The monoisotopic (exact) mass is 343 g/mol. The van der Waals surface area contributed by atoms with Crippen LogP contribution in [0.15, 0.2) is 0 Å². The van der Waals surface area contributed by atoms with E-state index in [1.807, 2.05) is 0 Å². The van der Waals surface area contributed by atoms with Crippen molar-refractivity contribution in [3.05, 3.63) is 0 Å². The van der Waals surface area contributed by atoms with Gasteiger partial charge in [-0.2, -0.15) is 0 Å². The molecule has 1 aliphatic rings. The zero-order valence-corrected chi connectivity index (χ0v) is 14.2. The summed E-state index contributed by atoms with van der Waals surface area (Å²) >= 11 is 0. The molecule has 1 rings (SSSR count). The lowest BCUT2D eigenvalue weighted by Crippen LogP contribution is -2.80. The Hall–Kier alpha value is -0.140. The lowest BCUT2D eigenvalue weighted by molar-refractivity contribution is -0.149. The van der Waals surface area contributed by atoms with Gasteiger partial charge in [0.05, 0.1) is 17.4 Å². The summed E-state index contributed by atoms with van der Waals surface area (Å²) < 4.78 is 27.1. The van der Waals surface area contributed by atoms with Gasteiger partial charge in [-0.3, -0.25) is 4.79 Å². The number of hydrogen-bond acceptors (Lipinski definition) is 5. The second-order valence-corrected chi connectivity index (χ2v) is 8.21. The number of hydrogen-bond donors (Lipinski definition) is 0. The maximum atomic E-state index is 12.3. The summed E-state index contributed by atoms with van der Waals surface area (Å²) in [5, 5.41) is 0. The van der Waals surface area contributed by atoms with Crippen molar-refractivity contribution in [1.82, 2.24) is 4.90 Å². The standard InChI is InChI=1S/C11H21NO4S.BrH/c1-7-16-9(13)11(4)8(12(5)6)10(2,3)17(11,14)15;/h8H,7H2,1-6H3;1H. The number of nitrogens with zero attached hydrogens (tertiary/aromatic N) is 1. The van der Waals surface area contributed by atoms with Gasteiger partial charge in [0.25, 0.3) is 0 Å². The molecule has 7 heteroatoms. The number of carbonyl (C=O) groups excluding carboxylic acids is 1. The van der Waals surface area contributed by atoms with E-state index in [4.69, 9.17) is 4.74 Å². The predicted octanol–water partition coefficient (Wildman–Crippen LogP) is 1.02. The van der Waals surface area contributed by atoms with Gasteiger partial charge >= 0.3 is 5.97 Å². The zero-order chi connectivity index (χ0) is 13.6. The normalized spacial score (nSPS) is 32.3. The highest BCUT2D eigenvalue weighted by Crippen LogP contribution is 2.51. The number of ether oxygens (including phenoxy) is 1. The van der Waals surface area contributed by atoms with Crippen molar-refractivity contribution in [3.8, 4) is 0 Å². The molecule has 1 aliphatic heterocycles. The second-order valence-electron chi connectivity index (χ2n) is 5.30. The predicted molar refractivity (Wildman–Crippen MR) is 75.8 cm³/mol. The molecule has 2 unspecified atom stereocenters. The summed E-state index contributed by atoms with van der Waals surface area (Å²) in [7, 11) is 0.0208. The first kappa shape index (κ1) is 17.9. The molecule has 1 heterocycles. The molecule has 0 saturated carbocycles. The molecule has 0 aromatic heterocycles. The van der Waals surface area contributed by atoms with Crippen LogP contribution in [0.1, 0.15) is 27.7 Å². The Labute approximate surface area is 120 Å². The van der Waals surface area contributed by atoms with Crippen molar-refractivity contribution in [2.24, 2.45) is 0 Å². The zero-order valence-electron chi connectivity index (χ0n) is 11.7. The number of rotatable bonds is 3. The van der Waals surface area contributed by atoms with Crippen LogP contribution in [0.3, 0.4) is 0 Å². The van der Waals surface area contributed by atoms with E-state index in [2.05, 4.69) is 0 Å². The summed E-state index contributed by atoms with van der Waals surface area (Å²) in [6.07, 6.45) is 0. The number of sulfone groups is 1. The Kier molecular flexibility index (Phi) is 5.05. The molecule has 108 valence electrons. The average Bonchev–Trinajstić information content (AvgIpc) is 2.15. The third-order valence-corrected chi connectivity index (χ3v) is 6.74. The molecule has 18 heavy (non-hydrogen) atoms. The van der Waals surface area contributed by atoms with Gasteiger partial charge in [-0.05, 0) is 41.8 Å². The third-order valence-electron chi connectivity index (χ3n) is 3.63. The summed E-state index contributed by atoms with van der Waals surface area (Å²) in [6, 6.07) is -0.376. The first-order chi connectivity index (χ1) is 7.55. The summed E-state index contributed by atoms with van der Waals surface area (Å²) in [5.74, 6) is -0.655. The van der Waals surface area contributed by atoms with Crippen LogP contribution in [0.5, 0.6) is 0 Å². The SMILES string of the molecule is Br.CCOC(=O)C1(C)C(N(C)C)C(C)(C)S1(=O)=O. The highest BCUT2D eigenvalue weighted by molar-refractivity contribution is 8.93. The number of esters is 1. The minimum atomic E-state index is -3.53. The minimum Gasteiger partial charge on any atom is -0.465 e. The molecule has 0 N–H and O–H groups in total. The fraction of sp³-hybridized carbons (Fsp3) is 0.909. The van der Waals surface area contributed by atoms with Crippen LogP contribution in [-0.4, -0.2) is 55.5 Å². The Morgan fingerprint density at radius 2 is 1.72 bits per heavy atom. The molecule has 0 aromatic carbocycles. The Morgan fingerprint density at radius 3 is 2.06 bits per heavy atom. The molecule has 0 amide bonds. The van der Waals surface area contributed by atoms with E-state index in [1.54, 1.807) is 39.8 Å². The molecule has 1 saturated heterocycles. The molecular weight excluding hydrogens is 322 g/mol. The maximum absolute atomic E-state index is 12.3. The van der Waals surface area contributed by atoms with Crippen molar-refractivity contribution in [1.29, 1.82) is 0 Å². The van der Waals surface area contributed by atoms with E-state index >= 15 is 0 Å². The fourth-order valence-corrected chi connectivity index (χ4v) is 5.78. The highest BCUT2D eigenvalue weighted by Gasteiger charge is 2.75. The number of carbonyl (C=O) groups is 1. The Bertz CT molecular complexity index is 432. The topological polar surface area (TPSA) is 63.7 Å². The maximum Gasteiger partial charge on any atom is 0.328 e. The summed E-state index contributed by atoms with van der Waals surface area (Å²) in [4.78, 5) is 13.7. The van der Waals surface area contributed by atoms with Gasteiger partial charge in [-0.1, -0.05) is 0 Å². The van der Waals surface area contributed by atoms with Crippen LogP contribution < -0.4 is 0 Å². The van der Waals surface area contributed by atoms with Crippen molar-refractivity contribution < 1.29 is 17.9 Å². The van der Waals surface area contributed by atoms with Gasteiger partial charge in [-0.25, -0.2) is 8.42 Å². The second kappa shape index (κ2) is 5.09. The van der Waals surface area contributed by atoms with Gasteiger partial charge in [0.1, 0.15) is 0 Å². The van der Waals surface area contributed by atoms with E-state index in [-0.39, 0.29) is 29.6 Å². The van der Waals surface area contributed by atoms with Crippen LogP contribution in [0.25, 0.3) is 0 Å². The van der Waals surface area contributed by atoms with Crippen molar-refractivity contribution >= 4 is 32.8 Å². The molecule has 0 bridgehead atoms. The Morgan fingerprint density at radius 1 is 1.28 bits per heavy atom. The van der Waals surface area contributed by atoms with Crippen molar-refractivity contribution in [2.75, 3.05) is 20.7 Å². The highest BCUT2D eigenvalue weighted by atomic mass is 79.9. The van der Waals surface area contributed by atoms with Gasteiger partial charge < -0.3 is 9.64 Å². The van der Waals surface area contributed by atoms with Crippen LogP contribution in [0.2, 0.25) is 0 Å². The first-order valence-corrected chi connectivity index (χ1v) is 7.11. The summed E-state index contributed by atoms with van der Waals surface area (Å²) in [5.41, 5.74) is 0. The number of halogens is 1. The lowest BCUT2D eigenvalue weighted by atomic mass is 9.87. The smallest absolute Gasteiger partial charge is 0.328 e. The van der Waals surface area contributed by atoms with E-state index in [0.29, 0.717) is 0 Å². The fourth-order valence-electron chi connectivity index (χ4n) is 3.06. The van der Waals surface area contributed by atoms with E-state index < -0.39 is 25.3 Å². The van der Waals surface area contributed by atoms with E-state index in [1.165, 1.54) is 6.92 Å². The van der Waals surface area contributed by atoms with Gasteiger partial charge in [-0.15, -0.1) is 17.0 Å². The molecule has 5 nitrogen and oxygen atoms in total. The summed E-state index contributed by atoms with van der Waals surface area (Å²) in [6.45, 7) is 6.60. The van der Waals surface area contributed by atoms with Crippen LogP contribution >= 0.6 is 17.0 Å². The van der Waals surface area contributed by atoms with Crippen molar-refractivity contribution in [3.63, 3.8) is 0 Å². The average molecular weight is 344 g/mol. The third kappa shape index (κ3) is 1.91. The molecule has 1 fully saturated rings. The molecule has 0 aliphatic carbocycles. The van der Waals surface area contributed by atoms with Gasteiger partial charge in [0, 0.05) is 0 Å².